The molecule has 0 bridgehead atoms. The number of sulfonamides is 1. The molecular weight excluding hydrogens is 312 g/mol. The second-order valence-corrected chi connectivity index (χ2v) is 6.69. The van der Waals surface area contributed by atoms with E-state index in [2.05, 4.69) is 14.9 Å². The number of pyridine rings is 1. The van der Waals surface area contributed by atoms with Crippen LogP contribution in [0.5, 0.6) is 0 Å². The molecule has 0 atom stereocenters. The van der Waals surface area contributed by atoms with Gasteiger partial charge in [0.25, 0.3) is 10.0 Å². The number of fused-ring (bicyclic) bond motifs is 2. The van der Waals surface area contributed by atoms with Crippen molar-refractivity contribution >= 4 is 32.4 Å². The Balaban J connectivity index is 1.84. The molecule has 6 nitrogen and oxygen atoms in total. The van der Waals surface area contributed by atoms with Crippen LogP contribution in [0.4, 0.5) is 5.95 Å². The molecule has 23 heavy (non-hydrogen) atoms. The van der Waals surface area contributed by atoms with E-state index in [-0.39, 0.29) is 10.8 Å². The van der Waals surface area contributed by atoms with Crippen molar-refractivity contribution in [1.82, 2.24) is 14.6 Å². The number of benzene rings is 2. The van der Waals surface area contributed by atoms with Gasteiger partial charge in [-0.25, -0.2) is 13.1 Å². The molecule has 4 rings (SSSR count). The summed E-state index contributed by atoms with van der Waals surface area (Å²) in [6.07, 6.45) is 1.70. The van der Waals surface area contributed by atoms with E-state index in [1.54, 1.807) is 40.9 Å². The van der Waals surface area contributed by atoms with E-state index in [4.69, 9.17) is 0 Å². The van der Waals surface area contributed by atoms with Crippen LogP contribution >= 0.6 is 0 Å². The minimum atomic E-state index is -3.77. The molecule has 2 heterocycles. The second kappa shape index (κ2) is 5.06. The first kappa shape index (κ1) is 13.7. The number of rotatable bonds is 3. The van der Waals surface area contributed by atoms with Gasteiger partial charge in [-0.1, -0.05) is 42.5 Å². The minimum Gasteiger partial charge on any atom is -0.268 e. The maximum atomic E-state index is 12.8. The summed E-state index contributed by atoms with van der Waals surface area (Å²) < 4.78 is 29.6. The molecule has 0 fully saturated rings. The van der Waals surface area contributed by atoms with Crippen molar-refractivity contribution < 1.29 is 8.42 Å². The molecule has 114 valence electrons. The number of anilines is 1. The summed E-state index contributed by atoms with van der Waals surface area (Å²) in [6, 6.07) is 17.9. The zero-order valence-electron chi connectivity index (χ0n) is 11.9. The van der Waals surface area contributed by atoms with Crippen LogP contribution in [0.15, 0.2) is 71.8 Å². The SMILES string of the molecule is O=S(=O)(Nc1nnc2ccccn12)c1cccc2ccccc12. The summed E-state index contributed by atoms with van der Waals surface area (Å²) >= 11 is 0. The molecule has 0 radical (unpaired) electrons. The van der Waals surface area contributed by atoms with E-state index < -0.39 is 10.0 Å². The van der Waals surface area contributed by atoms with Gasteiger partial charge in [0.15, 0.2) is 5.65 Å². The average molecular weight is 324 g/mol. The van der Waals surface area contributed by atoms with Gasteiger partial charge in [-0.3, -0.25) is 4.40 Å². The summed E-state index contributed by atoms with van der Waals surface area (Å²) in [5, 5.41) is 9.38. The Kier molecular flexibility index (Phi) is 3.02. The highest BCUT2D eigenvalue weighted by atomic mass is 32.2. The summed E-state index contributed by atoms with van der Waals surface area (Å²) in [5.74, 6) is 0.161. The van der Waals surface area contributed by atoms with E-state index in [1.165, 1.54) is 0 Å². The van der Waals surface area contributed by atoms with Crippen molar-refractivity contribution in [2.45, 2.75) is 4.90 Å². The maximum Gasteiger partial charge on any atom is 0.264 e. The molecule has 2 aromatic carbocycles. The van der Waals surface area contributed by atoms with Crippen LogP contribution in [-0.4, -0.2) is 23.0 Å². The van der Waals surface area contributed by atoms with Crippen molar-refractivity contribution in [3.8, 4) is 0 Å². The third-order valence-corrected chi connectivity index (χ3v) is 4.96. The normalized spacial score (nSPS) is 11.8. The van der Waals surface area contributed by atoms with E-state index in [0.717, 1.165) is 5.39 Å². The van der Waals surface area contributed by atoms with Crippen LogP contribution in [-0.2, 0) is 10.0 Å². The predicted octanol–water partition coefficient (Wildman–Crippen LogP) is 2.68. The average Bonchev–Trinajstić information content (AvgIpc) is 2.97. The topological polar surface area (TPSA) is 76.4 Å². The van der Waals surface area contributed by atoms with Gasteiger partial charge in [0.1, 0.15) is 0 Å². The van der Waals surface area contributed by atoms with Gasteiger partial charge in [0.05, 0.1) is 4.90 Å². The van der Waals surface area contributed by atoms with Crippen molar-refractivity contribution in [3.63, 3.8) is 0 Å². The van der Waals surface area contributed by atoms with Crippen LogP contribution < -0.4 is 4.72 Å². The molecule has 2 aromatic heterocycles. The number of nitrogens with one attached hydrogen (secondary N) is 1. The Morgan fingerprint density at radius 3 is 2.57 bits per heavy atom. The Hall–Kier alpha value is -2.93. The third-order valence-electron chi connectivity index (χ3n) is 3.58. The van der Waals surface area contributed by atoms with Gasteiger partial charge in [-0.05, 0) is 23.6 Å². The monoisotopic (exact) mass is 324 g/mol. The van der Waals surface area contributed by atoms with Crippen LogP contribution in [0.1, 0.15) is 0 Å². The third kappa shape index (κ3) is 2.31. The van der Waals surface area contributed by atoms with Crippen LogP contribution in [0.2, 0.25) is 0 Å². The highest BCUT2D eigenvalue weighted by Crippen LogP contribution is 2.24. The standard InChI is InChI=1S/C16H12N4O2S/c21-23(22,14-9-5-7-12-6-1-2-8-13(12)14)19-16-18-17-15-10-3-4-11-20(15)16/h1-11H,(H,18,19). The Bertz CT molecular complexity index is 1110. The predicted molar refractivity (Wildman–Crippen MR) is 87.7 cm³/mol. The summed E-state index contributed by atoms with van der Waals surface area (Å²) in [7, 11) is -3.77. The minimum absolute atomic E-state index is 0.161. The van der Waals surface area contributed by atoms with Crippen LogP contribution in [0, 0.1) is 0 Å². The molecule has 1 N–H and O–H groups in total. The summed E-state index contributed by atoms with van der Waals surface area (Å²) in [6.45, 7) is 0. The fraction of sp³-hybridized carbons (Fsp3) is 0. The van der Waals surface area contributed by atoms with Gasteiger partial charge >= 0.3 is 0 Å². The van der Waals surface area contributed by atoms with Gasteiger partial charge < -0.3 is 0 Å². The van der Waals surface area contributed by atoms with E-state index in [0.29, 0.717) is 11.0 Å². The van der Waals surface area contributed by atoms with Gasteiger partial charge in [0.2, 0.25) is 5.95 Å². The van der Waals surface area contributed by atoms with E-state index in [9.17, 15) is 8.42 Å². The van der Waals surface area contributed by atoms with Gasteiger partial charge in [0, 0.05) is 11.6 Å². The molecule has 0 aliphatic rings. The number of hydrogen-bond acceptors (Lipinski definition) is 4. The van der Waals surface area contributed by atoms with Crippen molar-refractivity contribution in [2.75, 3.05) is 4.72 Å². The van der Waals surface area contributed by atoms with Crippen molar-refractivity contribution in [1.29, 1.82) is 0 Å². The Morgan fingerprint density at radius 1 is 0.870 bits per heavy atom. The van der Waals surface area contributed by atoms with Crippen molar-refractivity contribution in [2.24, 2.45) is 0 Å². The zero-order chi connectivity index (χ0) is 15.9. The molecule has 7 heteroatoms. The molecular formula is C16H12N4O2S. The largest absolute Gasteiger partial charge is 0.268 e. The highest BCUT2D eigenvalue weighted by Gasteiger charge is 2.19. The molecule has 0 unspecified atom stereocenters. The molecule has 0 aliphatic heterocycles. The number of hydrogen-bond donors (Lipinski definition) is 1. The summed E-state index contributed by atoms with van der Waals surface area (Å²) in [4.78, 5) is 0.211. The lowest BCUT2D eigenvalue weighted by atomic mass is 10.1. The fourth-order valence-electron chi connectivity index (χ4n) is 2.52. The number of nitrogens with zero attached hydrogens (tertiary/aromatic N) is 3. The van der Waals surface area contributed by atoms with E-state index >= 15 is 0 Å². The molecule has 4 aromatic rings. The van der Waals surface area contributed by atoms with Gasteiger partial charge in [-0.15, -0.1) is 10.2 Å². The molecule has 0 amide bonds. The molecule has 0 saturated heterocycles. The van der Waals surface area contributed by atoms with Crippen LogP contribution in [0.3, 0.4) is 0 Å². The lowest BCUT2D eigenvalue weighted by molar-refractivity contribution is 0.601. The zero-order valence-corrected chi connectivity index (χ0v) is 12.7. The highest BCUT2D eigenvalue weighted by molar-refractivity contribution is 7.93. The first-order valence-corrected chi connectivity index (χ1v) is 8.44. The fourth-order valence-corrected chi connectivity index (χ4v) is 3.74. The molecule has 0 aliphatic carbocycles. The van der Waals surface area contributed by atoms with Crippen molar-refractivity contribution in [3.05, 3.63) is 66.9 Å². The second-order valence-electron chi connectivity index (χ2n) is 5.04. The van der Waals surface area contributed by atoms with E-state index in [1.807, 2.05) is 30.3 Å². The maximum absolute atomic E-state index is 12.8. The Labute approximate surface area is 132 Å². The Morgan fingerprint density at radius 2 is 1.65 bits per heavy atom. The first-order valence-electron chi connectivity index (χ1n) is 6.95. The molecule has 0 spiro atoms. The number of aromatic nitrogens is 3. The van der Waals surface area contributed by atoms with Gasteiger partial charge in [-0.2, -0.15) is 0 Å². The molecule has 0 saturated carbocycles. The first-order chi connectivity index (χ1) is 11.1. The van der Waals surface area contributed by atoms with Crippen LogP contribution in [0.25, 0.3) is 16.4 Å². The lowest BCUT2D eigenvalue weighted by Gasteiger charge is -2.09. The summed E-state index contributed by atoms with van der Waals surface area (Å²) in [5.41, 5.74) is 0.572. The quantitative estimate of drug-likeness (QED) is 0.628. The lowest BCUT2D eigenvalue weighted by Crippen LogP contribution is -2.15. The smallest absolute Gasteiger partial charge is 0.264 e.